The second-order valence-electron chi connectivity index (χ2n) is 8.78. The molecule has 2 aliphatic carbocycles. The van der Waals surface area contributed by atoms with Crippen LogP contribution in [0.25, 0.3) is 0 Å². The number of rotatable bonds is 4. The van der Waals surface area contributed by atoms with Gasteiger partial charge in [-0.2, -0.15) is 5.10 Å². The van der Waals surface area contributed by atoms with Gasteiger partial charge in [0.25, 0.3) is 0 Å². The molecule has 3 aliphatic rings. The summed E-state index contributed by atoms with van der Waals surface area (Å²) in [6, 6.07) is 1.58. The Morgan fingerprint density at radius 1 is 1.32 bits per heavy atom. The van der Waals surface area contributed by atoms with Crippen molar-refractivity contribution in [2.75, 3.05) is 19.0 Å². The third-order valence-electron chi connectivity index (χ3n) is 6.28. The summed E-state index contributed by atoms with van der Waals surface area (Å²) in [4.78, 5) is 12.9. The van der Waals surface area contributed by atoms with E-state index in [2.05, 4.69) is 20.8 Å². The van der Waals surface area contributed by atoms with Crippen LogP contribution < -0.4 is 15.2 Å². The summed E-state index contributed by atoms with van der Waals surface area (Å²) in [5.74, 6) is 0.269. The van der Waals surface area contributed by atoms with Gasteiger partial charge in [0.05, 0.1) is 19.3 Å². The molecule has 3 N–H and O–H groups in total. The Hall–Kier alpha value is -2.43. The molecule has 0 saturated carbocycles. The van der Waals surface area contributed by atoms with Crippen molar-refractivity contribution in [1.29, 1.82) is 0 Å². The van der Waals surface area contributed by atoms with E-state index in [1.807, 2.05) is 6.92 Å². The summed E-state index contributed by atoms with van der Waals surface area (Å²) < 4.78 is 29.8. The SMILES string of the molecule is COC[C@]1(C)Cn2ncc([S@@](N)(=O)=NC(=O)Nc3c4c(cc5c3CCC5)CCC4)c2O1. The monoisotopic (exact) mass is 445 g/mol. The number of anilines is 1. The molecular formula is C21H27N5O4S. The molecular weight excluding hydrogens is 418 g/mol. The lowest BCUT2D eigenvalue weighted by molar-refractivity contribution is 0.0165. The lowest BCUT2D eigenvalue weighted by Crippen LogP contribution is -2.36. The van der Waals surface area contributed by atoms with Gasteiger partial charge in [0, 0.05) is 12.8 Å². The molecule has 0 radical (unpaired) electrons. The second-order valence-corrected chi connectivity index (χ2v) is 10.5. The Morgan fingerprint density at radius 3 is 2.65 bits per heavy atom. The molecule has 166 valence electrons. The largest absolute Gasteiger partial charge is 0.466 e. The molecule has 1 aliphatic heterocycles. The van der Waals surface area contributed by atoms with Crippen LogP contribution in [0, 0.1) is 0 Å². The van der Waals surface area contributed by atoms with Crippen molar-refractivity contribution in [2.45, 2.75) is 62.5 Å². The molecule has 5 rings (SSSR count). The van der Waals surface area contributed by atoms with E-state index in [0.717, 1.165) is 44.2 Å². The molecule has 0 fully saturated rings. The van der Waals surface area contributed by atoms with Crippen LogP contribution in [0.1, 0.15) is 42.0 Å². The third-order valence-corrected chi connectivity index (χ3v) is 7.62. The first-order chi connectivity index (χ1) is 14.8. The Bertz CT molecular complexity index is 1160. The molecule has 2 aromatic rings. The van der Waals surface area contributed by atoms with Gasteiger partial charge in [0.1, 0.15) is 4.90 Å². The summed E-state index contributed by atoms with van der Waals surface area (Å²) >= 11 is 0. The number of carbonyl (C=O) groups excluding carboxylic acids is 1. The fraction of sp³-hybridized carbons (Fsp3) is 0.524. The smallest absolute Gasteiger partial charge is 0.354 e. The van der Waals surface area contributed by atoms with Crippen molar-refractivity contribution >= 4 is 21.6 Å². The fourth-order valence-electron chi connectivity index (χ4n) is 5.01. The van der Waals surface area contributed by atoms with E-state index in [4.69, 9.17) is 14.6 Å². The maximum atomic E-state index is 13.2. The summed E-state index contributed by atoms with van der Waals surface area (Å²) in [6.45, 7) is 2.64. The van der Waals surface area contributed by atoms with E-state index >= 15 is 0 Å². The number of nitrogens with one attached hydrogen (secondary N) is 1. The number of aryl methyl sites for hydroxylation is 2. The zero-order valence-electron chi connectivity index (χ0n) is 17.8. The van der Waals surface area contributed by atoms with Crippen molar-refractivity contribution in [2.24, 2.45) is 9.50 Å². The minimum atomic E-state index is -3.54. The van der Waals surface area contributed by atoms with Gasteiger partial charge in [-0.1, -0.05) is 6.07 Å². The quantitative estimate of drug-likeness (QED) is 0.749. The predicted molar refractivity (Wildman–Crippen MR) is 116 cm³/mol. The number of amides is 2. The van der Waals surface area contributed by atoms with Gasteiger partial charge in [-0.3, -0.25) is 0 Å². The van der Waals surface area contributed by atoms with Gasteiger partial charge in [0.2, 0.25) is 5.88 Å². The maximum absolute atomic E-state index is 13.2. The first-order valence-corrected chi connectivity index (χ1v) is 12.1. The number of benzene rings is 1. The highest BCUT2D eigenvalue weighted by molar-refractivity contribution is 7.91. The first-order valence-electron chi connectivity index (χ1n) is 10.6. The summed E-state index contributed by atoms with van der Waals surface area (Å²) in [5.41, 5.74) is 5.15. The van der Waals surface area contributed by atoms with Crippen molar-refractivity contribution in [3.63, 3.8) is 0 Å². The maximum Gasteiger partial charge on any atom is 0.354 e. The van der Waals surface area contributed by atoms with Crippen LogP contribution in [0.3, 0.4) is 0 Å². The van der Waals surface area contributed by atoms with Crippen LogP contribution in [0.5, 0.6) is 5.88 Å². The number of nitrogens with two attached hydrogens (primary N) is 1. The number of methoxy groups -OCH3 is 1. The summed E-state index contributed by atoms with van der Waals surface area (Å²) in [7, 11) is -1.96. The minimum Gasteiger partial charge on any atom is -0.466 e. The molecule has 0 spiro atoms. The Balaban J connectivity index is 1.45. The van der Waals surface area contributed by atoms with E-state index in [0.29, 0.717) is 13.2 Å². The van der Waals surface area contributed by atoms with E-state index in [9.17, 15) is 9.00 Å². The minimum absolute atomic E-state index is 0.117. The zero-order valence-corrected chi connectivity index (χ0v) is 18.6. The van der Waals surface area contributed by atoms with Gasteiger partial charge in [0.15, 0.2) is 15.5 Å². The average Bonchev–Trinajstić information content (AvgIpc) is 3.43. The fourth-order valence-corrected chi connectivity index (χ4v) is 5.99. The number of aromatic nitrogens is 2. The normalized spacial score (nSPS) is 22.9. The Morgan fingerprint density at radius 2 is 2.00 bits per heavy atom. The number of hydrogen-bond acceptors (Lipinski definition) is 5. The highest BCUT2D eigenvalue weighted by Gasteiger charge is 2.39. The van der Waals surface area contributed by atoms with Crippen molar-refractivity contribution < 1.29 is 18.5 Å². The van der Waals surface area contributed by atoms with Gasteiger partial charge in [-0.05, 0) is 67.7 Å². The third kappa shape index (κ3) is 3.52. The molecule has 9 nitrogen and oxygen atoms in total. The molecule has 2 heterocycles. The number of carbonyl (C=O) groups is 1. The van der Waals surface area contributed by atoms with Crippen molar-refractivity contribution in [3.05, 3.63) is 34.5 Å². The van der Waals surface area contributed by atoms with E-state index < -0.39 is 21.5 Å². The Labute approximate surface area is 181 Å². The van der Waals surface area contributed by atoms with Crippen LogP contribution >= 0.6 is 0 Å². The average molecular weight is 446 g/mol. The summed E-state index contributed by atoms with van der Waals surface area (Å²) in [6.07, 6.45) is 7.42. The van der Waals surface area contributed by atoms with Gasteiger partial charge in [-0.25, -0.2) is 18.8 Å². The molecule has 0 bridgehead atoms. The number of ether oxygens (including phenoxy) is 2. The molecule has 10 heteroatoms. The number of fused-ring (bicyclic) bond motifs is 3. The molecule has 1 aromatic carbocycles. The number of hydrogen-bond donors (Lipinski definition) is 2. The lowest BCUT2D eigenvalue weighted by Gasteiger charge is -2.21. The van der Waals surface area contributed by atoms with Crippen LogP contribution in [-0.2, 0) is 46.9 Å². The van der Waals surface area contributed by atoms with Gasteiger partial charge < -0.3 is 14.8 Å². The topological polar surface area (TPSA) is 121 Å². The highest BCUT2D eigenvalue weighted by atomic mass is 32.2. The standard InChI is InChI=1S/C21H27N5O4S/c1-21(12-29-2)11-26-19(30-21)17(10-23-26)31(22,28)25-20(27)24-18-15-7-3-5-13(15)9-14-6-4-8-16(14)18/h9-10H,3-8,11-12H2,1-2H3,(H3,22,24,25,27,28)/t21-,31-/m0/s1. The van der Waals surface area contributed by atoms with E-state index in [1.165, 1.54) is 28.5 Å². The molecule has 31 heavy (non-hydrogen) atoms. The van der Waals surface area contributed by atoms with Crippen molar-refractivity contribution in [1.82, 2.24) is 9.78 Å². The summed E-state index contributed by atoms with van der Waals surface area (Å²) in [5, 5.41) is 13.2. The first kappa shape index (κ1) is 20.5. The van der Waals surface area contributed by atoms with Crippen LogP contribution in [-0.4, -0.2) is 39.3 Å². The molecule has 0 saturated heterocycles. The molecule has 1 aromatic heterocycles. The number of nitrogens with zero attached hydrogens (tertiary/aromatic N) is 3. The zero-order chi connectivity index (χ0) is 21.8. The second kappa shape index (κ2) is 7.32. The molecule has 0 unspecified atom stereocenters. The van der Waals surface area contributed by atoms with E-state index in [-0.39, 0.29) is 10.8 Å². The predicted octanol–water partition coefficient (Wildman–Crippen LogP) is 2.59. The molecule has 2 atom stereocenters. The Kier molecular flexibility index (Phi) is 4.83. The van der Waals surface area contributed by atoms with Gasteiger partial charge in [-0.15, -0.1) is 4.36 Å². The van der Waals surface area contributed by atoms with Gasteiger partial charge >= 0.3 is 6.03 Å². The van der Waals surface area contributed by atoms with Crippen LogP contribution in [0.15, 0.2) is 21.5 Å². The van der Waals surface area contributed by atoms with Crippen LogP contribution in [0.4, 0.5) is 10.5 Å². The lowest BCUT2D eigenvalue weighted by atomic mass is 9.99. The van der Waals surface area contributed by atoms with E-state index in [1.54, 1.807) is 11.8 Å². The van der Waals surface area contributed by atoms with Crippen LogP contribution in [0.2, 0.25) is 0 Å². The molecule has 2 amide bonds. The highest BCUT2D eigenvalue weighted by Crippen LogP contribution is 2.39. The van der Waals surface area contributed by atoms with Crippen molar-refractivity contribution in [3.8, 4) is 5.88 Å². The number of urea groups is 1.